The Labute approximate surface area is 181 Å². The minimum absolute atomic E-state index is 0.211. The molecule has 0 radical (unpaired) electrons. The number of hydrogen-bond acceptors (Lipinski definition) is 2. The fourth-order valence-electron chi connectivity index (χ4n) is 4.18. The molecule has 2 unspecified atom stereocenters. The first-order chi connectivity index (χ1) is 14.5. The van der Waals surface area contributed by atoms with Crippen LogP contribution in [0, 0.1) is 20.8 Å². The Kier molecular flexibility index (Phi) is 7.71. The quantitative estimate of drug-likeness (QED) is 0.264. The second kappa shape index (κ2) is 10.5. The Morgan fingerprint density at radius 3 is 2.00 bits per heavy atom. The van der Waals surface area contributed by atoms with Gasteiger partial charge in [0.05, 0.1) is 5.56 Å². The summed E-state index contributed by atoms with van der Waals surface area (Å²) in [5.41, 5.74) is 5.44. The highest BCUT2D eigenvalue weighted by molar-refractivity contribution is 7.64. The summed E-state index contributed by atoms with van der Waals surface area (Å²) in [5, 5.41) is 0. The molecule has 0 aromatic heterocycles. The molecule has 0 spiro atoms. The van der Waals surface area contributed by atoms with Gasteiger partial charge in [-0.15, -0.1) is 0 Å². The van der Waals surface area contributed by atoms with E-state index in [0.717, 1.165) is 47.9 Å². The first-order valence-corrected chi connectivity index (χ1v) is 12.0. The molecule has 0 aliphatic heterocycles. The number of hydrogen-bond donors (Lipinski definition) is 0. The predicted octanol–water partition coefficient (Wildman–Crippen LogP) is 7.73. The van der Waals surface area contributed by atoms with E-state index in [1.165, 1.54) is 5.56 Å². The summed E-state index contributed by atoms with van der Waals surface area (Å²) in [6, 6.07) is 24.3. The van der Waals surface area contributed by atoms with Crippen LogP contribution in [-0.2, 0) is 11.0 Å². The van der Waals surface area contributed by atoms with E-state index >= 15 is 0 Å². The van der Waals surface area contributed by atoms with Gasteiger partial charge in [-0.3, -0.25) is 0 Å². The second-order valence-electron chi connectivity index (χ2n) is 8.06. The van der Waals surface area contributed by atoms with Gasteiger partial charge >= 0.3 is 13.3 Å². The van der Waals surface area contributed by atoms with Gasteiger partial charge in [-0.1, -0.05) is 82.9 Å². The molecule has 2 atom stereocenters. The lowest BCUT2D eigenvalue weighted by Crippen LogP contribution is -2.06. The molecule has 0 bridgehead atoms. The van der Waals surface area contributed by atoms with Gasteiger partial charge in [-0.05, 0) is 63.1 Å². The molecule has 0 saturated carbocycles. The van der Waals surface area contributed by atoms with Crippen molar-refractivity contribution in [1.82, 2.24) is 0 Å². The third-order valence-corrected chi connectivity index (χ3v) is 7.34. The molecule has 0 N–H and O–H groups in total. The van der Waals surface area contributed by atoms with Crippen molar-refractivity contribution in [2.75, 3.05) is 0 Å². The lowest BCUT2D eigenvalue weighted by atomic mass is 10.0. The van der Waals surface area contributed by atoms with Gasteiger partial charge in [0.1, 0.15) is 0 Å². The van der Waals surface area contributed by atoms with E-state index in [9.17, 15) is 9.36 Å². The largest absolute Gasteiger partial charge is 0.428 e. The summed E-state index contributed by atoms with van der Waals surface area (Å²) in [6.45, 7) is 5.90. The smallest absolute Gasteiger partial charge is 0.234 e. The van der Waals surface area contributed by atoms with Crippen molar-refractivity contribution >= 4 is 13.3 Å². The number of rotatable bonds is 9. The van der Waals surface area contributed by atoms with Crippen molar-refractivity contribution < 1.29 is 9.36 Å². The Morgan fingerprint density at radius 2 is 1.40 bits per heavy atom. The topological polar surface area (TPSA) is 34.1 Å². The Balaban J connectivity index is 1.77. The van der Waals surface area contributed by atoms with Gasteiger partial charge < -0.3 is 0 Å². The van der Waals surface area contributed by atoms with E-state index < -0.39 is 7.80 Å². The first-order valence-electron chi connectivity index (χ1n) is 10.6. The molecule has 3 heteroatoms. The number of aryl methyl sites for hydroxylation is 4. The maximum absolute atomic E-state index is 13.5. The average molecular weight is 418 g/mol. The Hall–Kier alpha value is -2.57. The highest BCUT2D eigenvalue weighted by atomic mass is 31.1. The van der Waals surface area contributed by atoms with Gasteiger partial charge in [0, 0.05) is 5.56 Å². The molecule has 0 heterocycles. The Bertz CT molecular complexity index is 987. The number of carbonyl (C=O) groups excluding carboxylic acids is 1. The lowest BCUT2D eigenvalue weighted by molar-refractivity contribution is 0.107. The van der Waals surface area contributed by atoms with Gasteiger partial charge in [0.25, 0.3) is 0 Å². The zero-order valence-electron chi connectivity index (χ0n) is 18.1. The number of carbonyl (C=O) groups is 1. The lowest BCUT2D eigenvalue weighted by Gasteiger charge is -2.10. The Morgan fingerprint density at radius 1 is 0.833 bits per heavy atom. The van der Waals surface area contributed by atoms with Crippen LogP contribution in [0.5, 0.6) is 0 Å². The van der Waals surface area contributed by atoms with E-state index in [1.807, 2.05) is 69.3 Å². The first kappa shape index (κ1) is 22.1. The summed E-state index contributed by atoms with van der Waals surface area (Å²) in [6.07, 6.45) is 3.72. The van der Waals surface area contributed by atoms with Crippen LogP contribution in [0.3, 0.4) is 0 Å². The summed E-state index contributed by atoms with van der Waals surface area (Å²) in [7, 11) is -2.06. The van der Waals surface area contributed by atoms with Crippen molar-refractivity contribution in [2.24, 2.45) is 0 Å². The van der Waals surface area contributed by atoms with Crippen molar-refractivity contribution in [2.45, 2.75) is 52.1 Å². The van der Waals surface area contributed by atoms with Crippen LogP contribution in [-0.4, -0.2) is 5.52 Å². The SMILES string of the molecule is Cc1cc(C)c(C(=O)[P+](=O)C(CCCCc2ccccc2)c2ccccc2)c(C)c1. The van der Waals surface area contributed by atoms with Gasteiger partial charge in [-0.2, -0.15) is 0 Å². The van der Waals surface area contributed by atoms with E-state index in [4.69, 9.17) is 0 Å². The summed E-state index contributed by atoms with van der Waals surface area (Å²) in [4.78, 5) is 13.3. The standard InChI is InChI=1S/C27H30O2P/c1-20-18-21(2)26(22(3)19-20)27(28)30(29)25(24-15-8-5-9-16-24)17-11-10-14-23-12-6-4-7-13-23/h4-9,12-13,15-16,18-19,25H,10-11,14,17H2,1-3H3/q+1. The second-order valence-corrected chi connectivity index (χ2v) is 9.74. The van der Waals surface area contributed by atoms with Crippen molar-refractivity contribution in [3.63, 3.8) is 0 Å². The fraction of sp³-hybridized carbons (Fsp3) is 0.296. The molecular formula is C27H30O2P+. The highest BCUT2D eigenvalue weighted by Crippen LogP contribution is 2.47. The minimum atomic E-state index is -2.06. The van der Waals surface area contributed by atoms with E-state index in [0.29, 0.717) is 5.56 Å². The van der Waals surface area contributed by atoms with E-state index in [-0.39, 0.29) is 11.2 Å². The molecule has 0 fully saturated rings. The molecule has 3 aromatic carbocycles. The number of benzene rings is 3. The van der Waals surface area contributed by atoms with Crippen LogP contribution < -0.4 is 0 Å². The van der Waals surface area contributed by atoms with Crippen LogP contribution in [0.25, 0.3) is 0 Å². The molecule has 30 heavy (non-hydrogen) atoms. The minimum Gasteiger partial charge on any atom is -0.234 e. The van der Waals surface area contributed by atoms with Gasteiger partial charge in [0.2, 0.25) is 0 Å². The number of unbranched alkanes of at least 4 members (excludes halogenated alkanes) is 1. The molecule has 0 aliphatic carbocycles. The van der Waals surface area contributed by atoms with E-state index in [1.54, 1.807) is 0 Å². The molecule has 3 rings (SSSR count). The monoisotopic (exact) mass is 417 g/mol. The third kappa shape index (κ3) is 5.52. The highest BCUT2D eigenvalue weighted by Gasteiger charge is 2.41. The summed E-state index contributed by atoms with van der Waals surface area (Å²) >= 11 is 0. The van der Waals surface area contributed by atoms with Crippen molar-refractivity contribution in [1.29, 1.82) is 0 Å². The molecule has 0 amide bonds. The zero-order chi connectivity index (χ0) is 21.5. The molecule has 2 nitrogen and oxygen atoms in total. The average Bonchev–Trinajstić information content (AvgIpc) is 2.74. The van der Waals surface area contributed by atoms with Crippen LogP contribution in [0.2, 0.25) is 0 Å². The third-order valence-electron chi connectivity index (χ3n) is 5.59. The van der Waals surface area contributed by atoms with Crippen LogP contribution in [0.15, 0.2) is 72.8 Å². The molecular weight excluding hydrogens is 387 g/mol. The van der Waals surface area contributed by atoms with Crippen LogP contribution in [0.4, 0.5) is 0 Å². The van der Waals surface area contributed by atoms with Crippen LogP contribution in [0.1, 0.15) is 63.1 Å². The normalized spacial score (nSPS) is 12.4. The summed E-state index contributed by atoms with van der Waals surface area (Å²) < 4.78 is 13.5. The predicted molar refractivity (Wildman–Crippen MR) is 126 cm³/mol. The van der Waals surface area contributed by atoms with Crippen LogP contribution >= 0.6 is 7.80 Å². The van der Waals surface area contributed by atoms with Crippen molar-refractivity contribution in [3.8, 4) is 0 Å². The summed E-state index contributed by atoms with van der Waals surface area (Å²) in [5.74, 6) is 0. The van der Waals surface area contributed by atoms with Gasteiger partial charge in [0.15, 0.2) is 5.66 Å². The zero-order valence-corrected chi connectivity index (χ0v) is 19.0. The fourth-order valence-corrected chi connectivity index (χ4v) is 5.89. The van der Waals surface area contributed by atoms with Gasteiger partial charge in [-0.25, -0.2) is 4.79 Å². The maximum Gasteiger partial charge on any atom is 0.428 e. The molecule has 154 valence electrons. The molecule has 0 saturated heterocycles. The molecule has 3 aromatic rings. The molecule has 0 aliphatic rings. The van der Waals surface area contributed by atoms with E-state index in [2.05, 4.69) is 24.3 Å². The van der Waals surface area contributed by atoms with Crippen molar-refractivity contribution in [3.05, 3.63) is 106 Å². The maximum atomic E-state index is 13.5.